The molecule has 0 spiro atoms. The molecule has 0 bridgehead atoms. The lowest BCUT2D eigenvalue weighted by molar-refractivity contribution is -0.191. The van der Waals surface area contributed by atoms with Crippen LogP contribution in [0.4, 0.5) is 0 Å². The van der Waals surface area contributed by atoms with Crippen LogP contribution in [0.2, 0.25) is 0 Å². The minimum absolute atomic E-state index is 0.323. The van der Waals surface area contributed by atoms with Gasteiger partial charge in [-0.1, -0.05) is 18.2 Å². The molecule has 32 heavy (non-hydrogen) atoms. The third-order valence-electron chi connectivity index (χ3n) is 3.80. The predicted octanol–water partition coefficient (Wildman–Crippen LogP) is 0.700. The van der Waals surface area contributed by atoms with Crippen molar-refractivity contribution in [2.45, 2.75) is 65.1 Å². The Hall–Kier alpha value is -3.47. The summed E-state index contributed by atoms with van der Waals surface area (Å²) in [4.78, 5) is 55.9. The van der Waals surface area contributed by atoms with E-state index in [0.717, 1.165) is 0 Å². The lowest BCUT2D eigenvalue weighted by atomic mass is 10.3. The van der Waals surface area contributed by atoms with E-state index < -0.39 is 60.4 Å². The van der Waals surface area contributed by atoms with Crippen molar-refractivity contribution in [2.24, 2.45) is 0 Å². The lowest BCUT2D eigenvalue weighted by Crippen LogP contribution is -2.40. The first-order valence-electron chi connectivity index (χ1n) is 9.69. The van der Waals surface area contributed by atoms with Gasteiger partial charge in [-0.25, -0.2) is 24.0 Å². The standard InChI is InChI=1S/C15H18O7.C6H8O4/c1-9(16)13(17)20-10(2)14(18)21-11(3)15(19)22-12-7-5-4-6-8-12;1-3-5(7)10-4(2)6(8)9-3/h4-11,16H,1-3H3;3-4H,1-2H3. The summed E-state index contributed by atoms with van der Waals surface area (Å²) >= 11 is 0. The molecule has 2 rings (SSSR count). The second kappa shape index (κ2) is 12.4. The number of rotatable bonds is 6. The van der Waals surface area contributed by atoms with Crippen molar-refractivity contribution in [3.8, 4) is 5.75 Å². The molecule has 1 fully saturated rings. The second-order valence-electron chi connectivity index (χ2n) is 6.73. The van der Waals surface area contributed by atoms with E-state index in [0.29, 0.717) is 5.75 Å². The van der Waals surface area contributed by atoms with Crippen LogP contribution in [-0.2, 0) is 42.9 Å². The molecule has 1 aliphatic heterocycles. The first-order valence-corrected chi connectivity index (χ1v) is 9.69. The number of cyclic esters (lactones) is 2. The lowest BCUT2D eigenvalue weighted by Gasteiger charge is -2.22. The van der Waals surface area contributed by atoms with E-state index in [1.54, 1.807) is 30.3 Å². The zero-order valence-corrected chi connectivity index (χ0v) is 18.3. The quantitative estimate of drug-likeness (QED) is 0.367. The van der Waals surface area contributed by atoms with Crippen LogP contribution in [0.15, 0.2) is 30.3 Å². The molecule has 0 aromatic heterocycles. The smallest absolute Gasteiger partial charge is 0.352 e. The molecule has 11 nitrogen and oxygen atoms in total. The molecule has 1 aliphatic rings. The first-order chi connectivity index (χ1) is 14.9. The van der Waals surface area contributed by atoms with Crippen LogP contribution in [0.5, 0.6) is 5.75 Å². The summed E-state index contributed by atoms with van der Waals surface area (Å²) in [5, 5.41) is 8.99. The van der Waals surface area contributed by atoms with Gasteiger partial charge in [0, 0.05) is 0 Å². The van der Waals surface area contributed by atoms with Gasteiger partial charge in [-0.15, -0.1) is 0 Å². The summed E-state index contributed by atoms with van der Waals surface area (Å²) in [6.07, 6.45) is -5.25. The molecule has 0 saturated carbocycles. The number of hydrogen-bond acceptors (Lipinski definition) is 11. The molecule has 11 heteroatoms. The SMILES string of the molecule is CC(O)C(=O)OC(C)C(=O)OC(C)C(=O)Oc1ccccc1.CC1OC(=O)C(C)OC1=O. The molecule has 176 valence electrons. The highest BCUT2D eigenvalue weighted by atomic mass is 16.6. The van der Waals surface area contributed by atoms with E-state index in [9.17, 15) is 24.0 Å². The van der Waals surface area contributed by atoms with E-state index in [2.05, 4.69) is 14.2 Å². The van der Waals surface area contributed by atoms with E-state index >= 15 is 0 Å². The number of ether oxygens (including phenoxy) is 5. The third kappa shape index (κ3) is 8.72. The topological polar surface area (TPSA) is 152 Å². The number of aliphatic hydroxyl groups excluding tert-OH is 1. The molecule has 1 heterocycles. The number of para-hydroxylation sites is 1. The number of esters is 5. The summed E-state index contributed by atoms with van der Waals surface area (Å²) in [5.41, 5.74) is 0. The molecule has 1 aromatic rings. The predicted molar refractivity (Wildman–Crippen MR) is 106 cm³/mol. The van der Waals surface area contributed by atoms with E-state index in [1.165, 1.54) is 34.6 Å². The third-order valence-corrected chi connectivity index (χ3v) is 3.80. The summed E-state index contributed by atoms with van der Waals surface area (Å²) in [6.45, 7) is 6.78. The Morgan fingerprint density at radius 1 is 0.812 bits per heavy atom. The van der Waals surface area contributed by atoms with Crippen molar-refractivity contribution in [2.75, 3.05) is 0 Å². The Morgan fingerprint density at radius 3 is 1.72 bits per heavy atom. The largest absolute Gasteiger partial charge is 0.449 e. The number of aliphatic hydroxyl groups is 1. The van der Waals surface area contributed by atoms with Crippen LogP contribution in [-0.4, -0.2) is 65.5 Å². The highest BCUT2D eigenvalue weighted by Gasteiger charge is 2.32. The number of benzene rings is 1. The molecule has 1 aromatic carbocycles. The Kier molecular flexibility index (Phi) is 10.3. The van der Waals surface area contributed by atoms with Crippen molar-refractivity contribution in [3.05, 3.63) is 30.3 Å². The van der Waals surface area contributed by atoms with Gasteiger partial charge in [-0.2, -0.15) is 0 Å². The van der Waals surface area contributed by atoms with E-state index in [-0.39, 0.29) is 0 Å². The van der Waals surface area contributed by atoms with Gasteiger partial charge in [0.2, 0.25) is 0 Å². The molecule has 1 N–H and O–H groups in total. The van der Waals surface area contributed by atoms with Crippen molar-refractivity contribution in [3.63, 3.8) is 0 Å². The summed E-state index contributed by atoms with van der Waals surface area (Å²) < 4.78 is 23.7. The van der Waals surface area contributed by atoms with Crippen molar-refractivity contribution in [1.82, 2.24) is 0 Å². The van der Waals surface area contributed by atoms with Gasteiger partial charge < -0.3 is 28.8 Å². The van der Waals surface area contributed by atoms with Gasteiger partial charge in [-0.05, 0) is 46.8 Å². The summed E-state index contributed by atoms with van der Waals surface area (Å²) in [5.74, 6) is -3.26. The molecule has 0 aliphatic carbocycles. The van der Waals surface area contributed by atoms with Gasteiger partial charge in [0.25, 0.3) is 0 Å². The monoisotopic (exact) mass is 454 g/mol. The molecule has 1 saturated heterocycles. The number of carbonyl (C=O) groups excluding carboxylic acids is 5. The van der Waals surface area contributed by atoms with Gasteiger partial charge >= 0.3 is 29.8 Å². The van der Waals surface area contributed by atoms with Crippen LogP contribution < -0.4 is 4.74 Å². The van der Waals surface area contributed by atoms with Crippen LogP contribution in [0.25, 0.3) is 0 Å². The molecule has 5 unspecified atom stereocenters. The van der Waals surface area contributed by atoms with Crippen molar-refractivity contribution >= 4 is 29.8 Å². The summed E-state index contributed by atoms with van der Waals surface area (Å²) in [7, 11) is 0. The zero-order chi connectivity index (χ0) is 24.4. The molecule has 5 atom stereocenters. The van der Waals surface area contributed by atoms with Crippen molar-refractivity contribution in [1.29, 1.82) is 0 Å². The fourth-order valence-corrected chi connectivity index (χ4v) is 1.96. The fraction of sp³-hybridized carbons (Fsp3) is 0.476. The highest BCUT2D eigenvalue weighted by Crippen LogP contribution is 2.11. The van der Waals surface area contributed by atoms with Crippen LogP contribution >= 0.6 is 0 Å². The number of carbonyl (C=O) groups is 5. The van der Waals surface area contributed by atoms with Gasteiger partial charge in [0.15, 0.2) is 24.4 Å². The van der Waals surface area contributed by atoms with Gasteiger partial charge in [0.1, 0.15) is 11.9 Å². The molecular formula is C21H26O11. The Bertz CT molecular complexity index is 798. The zero-order valence-electron chi connectivity index (χ0n) is 18.3. The summed E-state index contributed by atoms with van der Waals surface area (Å²) in [6, 6.07) is 8.31. The van der Waals surface area contributed by atoms with Crippen molar-refractivity contribution < 1.29 is 52.8 Å². The number of hydrogen-bond donors (Lipinski definition) is 1. The van der Waals surface area contributed by atoms with Crippen LogP contribution in [0, 0.1) is 0 Å². The maximum atomic E-state index is 11.8. The minimum atomic E-state index is -1.35. The van der Waals surface area contributed by atoms with E-state index in [4.69, 9.17) is 14.6 Å². The molecular weight excluding hydrogens is 428 g/mol. The normalized spacial score (nSPS) is 20.2. The van der Waals surface area contributed by atoms with Crippen LogP contribution in [0.1, 0.15) is 34.6 Å². The molecule has 0 amide bonds. The minimum Gasteiger partial charge on any atom is -0.449 e. The fourth-order valence-electron chi connectivity index (χ4n) is 1.96. The molecule has 0 radical (unpaired) electrons. The van der Waals surface area contributed by atoms with E-state index in [1.807, 2.05) is 0 Å². The van der Waals surface area contributed by atoms with Gasteiger partial charge in [0.05, 0.1) is 0 Å². The maximum absolute atomic E-state index is 11.8. The maximum Gasteiger partial charge on any atom is 0.352 e. The first kappa shape index (κ1) is 26.6. The Labute approximate surface area is 184 Å². The Morgan fingerprint density at radius 2 is 1.25 bits per heavy atom. The average Bonchev–Trinajstić information content (AvgIpc) is 2.73. The van der Waals surface area contributed by atoms with Crippen LogP contribution in [0.3, 0.4) is 0 Å². The second-order valence-corrected chi connectivity index (χ2v) is 6.73. The average molecular weight is 454 g/mol. The highest BCUT2D eigenvalue weighted by molar-refractivity contribution is 5.87. The van der Waals surface area contributed by atoms with Gasteiger partial charge in [-0.3, -0.25) is 0 Å². The Balaban J connectivity index is 0.000000425.